The van der Waals surface area contributed by atoms with Gasteiger partial charge in [-0.05, 0) is 62.8 Å². The van der Waals surface area contributed by atoms with Crippen molar-refractivity contribution in [2.24, 2.45) is 11.8 Å². The second kappa shape index (κ2) is 10.3. The number of piperidine rings is 1. The average Bonchev–Trinajstić information content (AvgIpc) is 3.06. The number of hydrazine groups is 1. The lowest BCUT2D eigenvalue weighted by Gasteiger charge is -2.47. The van der Waals surface area contributed by atoms with Gasteiger partial charge in [0.1, 0.15) is 11.5 Å². The van der Waals surface area contributed by atoms with Crippen LogP contribution in [0.3, 0.4) is 0 Å². The first kappa shape index (κ1) is 25.5. The monoisotopic (exact) mass is 532 g/mol. The summed E-state index contributed by atoms with van der Waals surface area (Å²) >= 11 is 12.7. The zero-order chi connectivity index (χ0) is 25.6. The number of likely N-dealkylation sites (tertiary alicyclic amines) is 1. The molecule has 3 unspecified atom stereocenters. The molecule has 36 heavy (non-hydrogen) atoms. The maximum absolute atomic E-state index is 11.0. The molecule has 0 saturated carbocycles. The lowest BCUT2D eigenvalue weighted by molar-refractivity contribution is -0.137. The van der Waals surface area contributed by atoms with E-state index in [4.69, 9.17) is 38.3 Å². The number of carbonyl (C=O) groups is 1. The zero-order valence-electron chi connectivity index (χ0n) is 21.1. The summed E-state index contributed by atoms with van der Waals surface area (Å²) in [6.07, 6.45) is 4.48. The van der Waals surface area contributed by atoms with Crippen LogP contribution in [0.4, 0.5) is 11.6 Å². The van der Waals surface area contributed by atoms with Crippen LogP contribution in [0.5, 0.6) is 0 Å². The van der Waals surface area contributed by atoms with E-state index in [2.05, 4.69) is 40.7 Å². The molecule has 10 heteroatoms. The standard InChI is InChI=1S/C26H34Cl2N6O2/c1-16(21-7-6-20(27)11-22(21)28)34-26-25(17(2)31(34)3)29-12-23(30-26)33-14-19(15-33)18-5-4-9-32(13-18)10-8-24(35)36/h6-7,11-12,16-19H,4-5,8-10,13-15H2,1-3H3,(H,35,36). The minimum Gasteiger partial charge on any atom is -0.481 e. The normalized spacial score (nSPS) is 24.0. The van der Waals surface area contributed by atoms with Crippen LogP contribution < -0.4 is 9.91 Å². The molecule has 0 amide bonds. The second-order valence-corrected chi connectivity index (χ2v) is 11.2. The van der Waals surface area contributed by atoms with E-state index in [0.29, 0.717) is 28.4 Å². The molecule has 2 fully saturated rings. The molecular formula is C26H34Cl2N6O2. The highest BCUT2D eigenvalue weighted by molar-refractivity contribution is 6.35. The zero-order valence-corrected chi connectivity index (χ0v) is 22.6. The van der Waals surface area contributed by atoms with Crippen molar-refractivity contribution in [2.45, 2.75) is 45.2 Å². The van der Waals surface area contributed by atoms with Crippen LogP contribution >= 0.6 is 23.2 Å². The third-order valence-corrected chi connectivity index (χ3v) is 8.71. The third kappa shape index (κ3) is 4.88. The largest absolute Gasteiger partial charge is 0.481 e. The first-order chi connectivity index (χ1) is 17.2. The van der Waals surface area contributed by atoms with Crippen molar-refractivity contribution in [3.63, 3.8) is 0 Å². The number of nitrogens with zero attached hydrogens (tertiary/aromatic N) is 6. The molecule has 2 aromatic rings. The molecule has 0 aliphatic carbocycles. The van der Waals surface area contributed by atoms with E-state index in [-0.39, 0.29) is 18.5 Å². The van der Waals surface area contributed by atoms with Crippen LogP contribution in [0.15, 0.2) is 24.4 Å². The Bertz CT molecular complexity index is 1130. The van der Waals surface area contributed by atoms with Gasteiger partial charge in [0.25, 0.3) is 0 Å². The molecule has 1 N–H and O–H groups in total. The number of fused-ring (bicyclic) bond motifs is 1. The Morgan fingerprint density at radius 3 is 2.72 bits per heavy atom. The minimum absolute atomic E-state index is 0.0313. The van der Waals surface area contributed by atoms with Crippen molar-refractivity contribution in [1.29, 1.82) is 0 Å². The summed E-state index contributed by atoms with van der Waals surface area (Å²) in [5.41, 5.74) is 1.96. The molecule has 3 atom stereocenters. The van der Waals surface area contributed by atoms with E-state index in [1.54, 1.807) is 6.07 Å². The molecule has 0 spiro atoms. The van der Waals surface area contributed by atoms with Gasteiger partial charge in [-0.2, -0.15) is 0 Å². The highest BCUT2D eigenvalue weighted by Gasteiger charge is 2.40. The van der Waals surface area contributed by atoms with Crippen molar-refractivity contribution in [1.82, 2.24) is 19.9 Å². The molecule has 4 heterocycles. The Morgan fingerprint density at radius 2 is 2.00 bits per heavy atom. The van der Waals surface area contributed by atoms with Crippen LogP contribution in [0.2, 0.25) is 10.0 Å². The summed E-state index contributed by atoms with van der Waals surface area (Å²) in [6, 6.07) is 5.71. The van der Waals surface area contributed by atoms with E-state index >= 15 is 0 Å². The predicted molar refractivity (Wildman–Crippen MR) is 143 cm³/mol. The minimum atomic E-state index is -0.719. The molecular weight excluding hydrogens is 499 g/mol. The number of halogens is 2. The molecule has 3 aliphatic rings. The molecule has 1 aromatic carbocycles. The van der Waals surface area contributed by atoms with Crippen molar-refractivity contribution < 1.29 is 9.90 Å². The molecule has 8 nitrogen and oxygen atoms in total. The van der Waals surface area contributed by atoms with Crippen molar-refractivity contribution in [2.75, 3.05) is 49.7 Å². The van der Waals surface area contributed by atoms with Crippen LogP contribution in [-0.4, -0.2) is 70.7 Å². The van der Waals surface area contributed by atoms with Gasteiger partial charge >= 0.3 is 5.97 Å². The Hall–Kier alpha value is -2.13. The fraction of sp³-hybridized carbons (Fsp3) is 0.577. The highest BCUT2D eigenvalue weighted by atomic mass is 35.5. The number of carboxylic acids is 1. The van der Waals surface area contributed by atoms with Gasteiger partial charge in [0, 0.05) is 43.3 Å². The number of rotatable bonds is 7. The van der Waals surface area contributed by atoms with Crippen molar-refractivity contribution in [3.8, 4) is 0 Å². The lowest BCUT2D eigenvalue weighted by Crippen LogP contribution is -2.54. The smallest absolute Gasteiger partial charge is 0.304 e. The van der Waals surface area contributed by atoms with E-state index in [0.717, 1.165) is 55.5 Å². The average molecular weight is 534 g/mol. The van der Waals surface area contributed by atoms with Gasteiger partial charge in [-0.25, -0.2) is 9.99 Å². The molecule has 3 aliphatic heterocycles. The van der Waals surface area contributed by atoms with Crippen LogP contribution in [0.1, 0.15) is 56.5 Å². The van der Waals surface area contributed by atoms with Gasteiger partial charge in [0.2, 0.25) is 0 Å². The number of benzene rings is 1. The van der Waals surface area contributed by atoms with E-state index in [9.17, 15) is 4.79 Å². The molecule has 194 valence electrons. The van der Waals surface area contributed by atoms with Crippen LogP contribution in [0, 0.1) is 11.8 Å². The van der Waals surface area contributed by atoms with Gasteiger partial charge in [-0.1, -0.05) is 29.3 Å². The van der Waals surface area contributed by atoms with Gasteiger partial charge in [-0.15, -0.1) is 0 Å². The summed E-state index contributed by atoms with van der Waals surface area (Å²) in [4.78, 5) is 25.5. The van der Waals surface area contributed by atoms with Crippen LogP contribution in [0.25, 0.3) is 0 Å². The summed E-state index contributed by atoms with van der Waals surface area (Å²) in [6.45, 7) is 8.85. The molecule has 2 saturated heterocycles. The predicted octanol–water partition coefficient (Wildman–Crippen LogP) is 4.90. The fourth-order valence-electron chi connectivity index (χ4n) is 5.87. The van der Waals surface area contributed by atoms with Gasteiger partial charge in [0.15, 0.2) is 5.82 Å². The van der Waals surface area contributed by atoms with E-state index in [1.165, 1.54) is 6.42 Å². The number of aromatic nitrogens is 2. The number of anilines is 2. The number of aliphatic carboxylic acids is 1. The topological polar surface area (TPSA) is 76.0 Å². The summed E-state index contributed by atoms with van der Waals surface area (Å²) < 4.78 is 0. The van der Waals surface area contributed by atoms with Crippen molar-refractivity contribution >= 4 is 40.8 Å². The van der Waals surface area contributed by atoms with Crippen molar-refractivity contribution in [3.05, 3.63) is 45.7 Å². The van der Waals surface area contributed by atoms with Crippen LogP contribution in [-0.2, 0) is 4.79 Å². The molecule has 1 aromatic heterocycles. The summed E-state index contributed by atoms with van der Waals surface area (Å²) in [5.74, 6) is 2.29. The summed E-state index contributed by atoms with van der Waals surface area (Å²) in [5, 5.41) is 14.6. The second-order valence-electron chi connectivity index (χ2n) is 10.4. The first-order valence-corrected chi connectivity index (χ1v) is 13.5. The fourth-order valence-corrected chi connectivity index (χ4v) is 6.43. The number of carboxylic acid groups (broad SMARTS) is 1. The number of hydrogen-bond donors (Lipinski definition) is 1. The Balaban J connectivity index is 1.29. The molecule has 5 rings (SSSR count). The lowest BCUT2D eigenvalue weighted by atomic mass is 9.80. The van der Waals surface area contributed by atoms with Gasteiger partial charge in [0.05, 0.1) is 24.7 Å². The first-order valence-electron chi connectivity index (χ1n) is 12.8. The number of hydrogen-bond acceptors (Lipinski definition) is 7. The van der Waals surface area contributed by atoms with E-state index < -0.39 is 5.97 Å². The highest BCUT2D eigenvalue weighted by Crippen LogP contribution is 2.44. The maximum Gasteiger partial charge on any atom is 0.304 e. The molecule has 0 bridgehead atoms. The quantitative estimate of drug-likeness (QED) is 0.539. The molecule has 0 radical (unpaired) electrons. The third-order valence-electron chi connectivity index (χ3n) is 8.15. The maximum atomic E-state index is 11.0. The Morgan fingerprint density at radius 1 is 1.22 bits per heavy atom. The Kier molecular flexibility index (Phi) is 7.32. The Labute approximate surface area is 222 Å². The summed E-state index contributed by atoms with van der Waals surface area (Å²) in [7, 11) is 2.06. The SMILES string of the molecule is CC1c2ncc(N3CC(C4CCCN(CCC(=O)O)C4)C3)nc2N(C(C)c2ccc(Cl)cc2Cl)N1C. The van der Waals surface area contributed by atoms with E-state index in [1.807, 2.05) is 18.3 Å². The van der Waals surface area contributed by atoms with Gasteiger partial charge < -0.3 is 14.9 Å². The van der Waals surface area contributed by atoms with Gasteiger partial charge in [-0.3, -0.25) is 14.8 Å².